The Morgan fingerprint density at radius 3 is 2.48 bits per heavy atom. The minimum absolute atomic E-state index is 0.493. The van der Waals surface area contributed by atoms with Crippen LogP contribution in [0.25, 0.3) is 0 Å². The molecule has 5 nitrogen and oxygen atoms in total. The molecule has 1 unspecified atom stereocenters. The highest BCUT2D eigenvalue weighted by molar-refractivity contribution is 7.99. The van der Waals surface area contributed by atoms with E-state index in [1.807, 2.05) is 0 Å². The number of piperidine rings is 1. The Labute approximate surface area is 133 Å². The molecule has 1 aliphatic heterocycles. The van der Waals surface area contributed by atoms with E-state index in [1.54, 1.807) is 16.1 Å². The third kappa shape index (κ3) is 6.06. The summed E-state index contributed by atoms with van der Waals surface area (Å²) in [5.74, 6) is 0.633. The molecule has 0 spiro atoms. The van der Waals surface area contributed by atoms with Gasteiger partial charge in [0.1, 0.15) is 0 Å². The Bertz CT molecular complexity index is 404. The molecule has 0 bridgehead atoms. The molecule has 124 valence electrons. The molecule has 2 aliphatic rings. The van der Waals surface area contributed by atoms with Gasteiger partial charge in [0.15, 0.2) is 0 Å². The summed E-state index contributed by atoms with van der Waals surface area (Å²) in [5.41, 5.74) is 0. The molecule has 0 radical (unpaired) electrons. The zero-order chi connectivity index (χ0) is 15.3. The maximum absolute atomic E-state index is 12.2. The molecule has 1 saturated heterocycles. The predicted molar refractivity (Wildman–Crippen MR) is 89.8 cm³/mol. The Morgan fingerprint density at radius 2 is 1.90 bits per heavy atom. The number of nitrogens with zero attached hydrogens (tertiary/aromatic N) is 1. The SMILES string of the molecule is CSC(C)CCNS(=O)(=O)N1CCC(CNC2CC2)CC1. The van der Waals surface area contributed by atoms with Crippen molar-refractivity contribution in [2.24, 2.45) is 5.92 Å². The molecule has 0 aromatic heterocycles. The first-order valence-corrected chi connectivity index (χ1v) is 10.7. The molecule has 7 heteroatoms. The number of nitrogens with one attached hydrogen (secondary N) is 2. The van der Waals surface area contributed by atoms with Gasteiger partial charge in [0, 0.05) is 30.9 Å². The number of rotatable bonds is 9. The van der Waals surface area contributed by atoms with Crippen LogP contribution >= 0.6 is 11.8 Å². The van der Waals surface area contributed by atoms with Gasteiger partial charge >= 0.3 is 0 Å². The van der Waals surface area contributed by atoms with Crippen LogP contribution in [0.4, 0.5) is 0 Å². The van der Waals surface area contributed by atoms with E-state index < -0.39 is 10.2 Å². The second-order valence-electron chi connectivity index (χ2n) is 6.26. The van der Waals surface area contributed by atoms with E-state index in [1.165, 1.54) is 12.8 Å². The van der Waals surface area contributed by atoms with Crippen molar-refractivity contribution in [1.82, 2.24) is 14.3 Å². The van der Waals surface area contributed by atoms with Crippen LogP contribution in [-0.4, -0.2) is 56.4 Å². The van der Waals surface area contributed by atoms with Gasteiger partial charge in [-0.05, 0) is 50.8 Å². The average Bonchev–Trinajstić information content (AvgIpc) is 3.29. The molecule has 1 aliphatic carbocycles. The molecule has 0 aromatic rings. The maximum atomic E-state index is 12.2. The van der Waals surface area contributed by atoms with Gasteiger partial charge in [-0.1, -0.05) is 6.92 Å². The van der Waals surface area contributed by atoms with E-state index in [9.17, 15) is 8.42 Å². The average molecular weight is 336 g/mol. The van der Waals surface area contributed by atoms with Gasteiger partial charge < -0.3 is 5.32 Å². The normalized spacial score (nSPS) is 23.3. The van der Waals surface area contributed by atoms with Crippen molar-refractivity contribution in [2.45, 2.75) is 50.3 Å². The molecule has 1 heterocycles. The van der Waals surface area contributed by atoms with E-state index in [0.29, 0.717) is 30.8 Å². The third-order valence-electron chi connectivity index (χ3n) is 4.42. The van der Waals surface area contributed by atoms with E-state index in [-0.39, 0.29) is 0 Å². The summed E-state index contributed by atoms with van der Waals surface area (Å²) in [6.45, 7) is 5.02. The molecular weight excluding hydrogens is 306 g/mol. The molecule has 2 fully saturated rings. The number of hydrogen-bond acceptors (Lipinski definition) is 4. The summed E-state index contributed by atoms with van der Waals surface area (Å²) in [7, 11) is -3.28. The van der Waals surface area contributed by atoms with Gasteiger partial charge in [-0.15, -0.1) is 0 Å². The van der Waals surface area contributed by atoms with Crippen LogP contribution in [0.2, 0.25) is 0 Å². The highest BCUT2D eigenvalue weighted by Gasteiger charge is 2.29. The second-order valence-corrected chi connectivity index (χ2v) is 9.29. The highest BCUT2D eigenvalue weighted by Crippen LogP contribution is 2.22. The van der Waals surface area contributed by atoms with Gasteiger partial charge in [-0.25, -0.2) is 4.72 Å². The van der Waals surface area contributed by atoms with E-state index in [0.717, 1.165) is 31.8 Å². The zero-order valence-corrected chi connectivity index (χ0v) is 14.8. The number of hydrogen-bond donors (Lipinski definition) is 2. The van der Waals surface area contributed by atoms with Crippen LogP contribution in [0.15, 0.2) is 0 Å². The van der Waals surface area contributed by atoms with Crippen molar-refractivity contribution >= 4 is 22.0 Å². The lowest BCUT2D eigenvalue weighted by molar-refractivity contribution is 0.264. The summed E-state index contributed by atoms with van der Waals surface area (Å²) in [6, 6.07) is 0.742. The van der Waals surface area contributed by atoms with Crippen molar-refractivity contribution in [3.63, 3.8) is 0 Å². The second kappa shape index (κ2) is 8.15. The lowest BCUT2D eigenvalue weighted by Crippen LogP contribution is -2.46. The summed E-state index contributed by atoms with van der Waals surface area (Å²) in [4.78, 5) is 0. The summed E-state index contributed by atoms with van der Waals surface area (Å²) in [6.07, 6.45) is 7.50. The topological polar surface area (TPSA) is 61.4 Å². The van der Waals surface area contributed by atoms with Gasteiger partial charge in [-0.2, -0.15) is 24.5 Å². The smallest absolute Gasteiger partial charge is 0.279 e. The minimum Gasteiger partial charge on any atom is -0.314 e. The van der Waals surface area contributed by atoms with Crippen molar-refractivity contribution in [3.8, 4) is 0 Å². The fourth-order valence-corrected chi connectivity index (χ4v) is 4.18. The maximum Gasteiger partial charge on any atom is 0.279 e. The van der Waals surface area contributed by atoms with Crippen molar-refractivity contribution in [3.05, 3.63) is 0 Å². The van der Waals surface area contributed by atoms with Crippen molar-refractivity contribution in [2.75, 3.05) is 32.4 Å². The Kier molecular flexibility index (Phi) is 6.80. The highest BCUT2D eigenvalue weighted by atomic mass is 32.2. The largest absolute Gasteiger partial charge is 0.314 e. The van der Waals surface area contributed by atoms with E-state index in [2.05, 4.69) is 23.2 Å². The van der Waals surface area contributed by atoms with Crippen LogP contribution in [0.5, 0.6) is 0 Å². The standard InChI is InChI=1S/C14H29N3O2S2/c1-12(20-2)5-8-16-21(18,19)17-9-6-13(7-10-17)11-15-14-3-4-14/h12-16H,3-11H2,1-2H3. The Balaban J connectivity index is 1.66. The van der Waals surface area contributed by atoms with Crippen LogP contribution in [-0.2, 0) is 10.2 Å². The summed E-state index contributed by atoms with van der Waals surface area (Å²) >= 11 is 1.77. The first kappa shape index (κ1) is 17.5. The Morgan fingerprint density at radius 1 is 1.24 bits per heavy atom. The molecule has 1 saturated carbocycles. The van der Waals surface area contributed by atoms with Gasteiger partial charge in [0.05, 0.1) is 0 Å². The lowest BCUT2D eigenvalue weighted by Gasteiger charge is -2.31. The molecule has 2 N–H and O–H groups in total. The molecular formula is C14H29N3O2S2. The van der Waals surface area contributed by atoms with Crippen LogP contribution < -0.4 is 10.0 Å². The fourth-order valence-electron chi connectivity index (χ4n) is 2.57. The van der Waals surface area contributed by atoms with Crippen LogP contribution in [0.1, 0.15) is 39.0 Å². The summed E-state index contributed by atoms with van der Waals surface area (Å²) < 4.78 is 28.8. The lowest BCUT2D eigenvalue weighted by atomic mass is 9.98. The molecule has 2 rings (SSSR count). The van der Waals surface area contributed by atoms with E-state index >= 15 is 0 Å². The zero-order valence-electron chi connectivity index (χ0n) is 13.2. The molecule has 0 amide bonds. The van der Waals surface area contributed by atoms with Gasteiger partial charge in [0.25, 0.3) is 10.2 Å². The van der Waals surface area contributed by atoms with Crippen LogP contribution in [0, 0.1) is 5.92 Å². The molecule has 1 atom stereocenters. The first-order chi connectivity index (χ1) is 10.0. The van der Waals surface area contributed by atoms with Gasteiger partial charge in [0.2, 0.25) is 0 Å². The van der Waals surface area contributed by atoms with Crippen LogP contribution in [0.3, 0.4) is 0 Å². The molecule has 21 heavy (non-hydrogen) atoms. The third-order valence-corrected chi connectivity index (χ3v) is 7.08. The predicted octanol–water partition coefficient (Wildman–Crippen LogP) is 1.43. The van der Waals surface area contributed by atoms with E-state index in [4.69, 9.17) is 0 Å². The summed E-state index contributed by atoms with van der Waals surface area (Å²) in [5, 5.41) is 4.04. The monoisotopic (exact) mass is 335 g/mol. The fraction of sp³-hybridized carbons (Fsp3) is 1.00. The van der Waals surface area contributed by atoms with Crippen molar-refractivity contribution in [1.29, 1.82) is 0 Å². The molecule has 0 aromatic carbocycles. The van der Waals surface area contributed by atoms with Gasteiger partial charge in [-0.3, -0.25) is 0 Å². The Hall–Kier alpha value is 0.180. The van der Waals surface area contributed by atoms with Crippen molar-refractivity contribution < 1.29 is 8.42 Å². The minimum atomic E-state index is -3.28. The quantitative estimate of drug-likeness (QED) is 0.669. The first-order valence-electron chi connectivity index (χ1n) is 8.02. The number of thioether (sulfide) groups is 1.